The summed E-state index contributed by atoms with van der Waals surface area (Å²) in [6, 6.07) is 15.1. The van der Waals surface area contributed by atoms with E-state index in [0.29, 0.717) is 28.1 Å². The number of pyridine rings is 2. The average molecular weight is 541 g/mol. The summed E-state index contributed by atoms with van der Waals surface area (Å²) >= 11 is 8.10. The minimum Gasteiger partial charge on any atom is -0.339 e. The first-order valence-corrected chi connectivity index (χ1v) is 14.1. The highest BCUT2D eigenvalue weighted by Gasteiger charge is 2.31. The number of nitrogens with zero attached hydrogens (tertiary/aromatic N) is 5. The molecule has 0 saturated carbocycles. The summed E-state index contributed by atoms with van der Waals surface area (Å²) in [5, 5.41) is 4.40. The van der Waals surface area contributed by atoms with Crippen molar-refractivity contribution >= 4 is 66.9 Å². The van der Waals surface area contributed by atoms with Crippen LogP contribution in [-0.2, 0) is 23.0 Å². The number of thiophene rings is 1. The number of para-hydroxylation sites is 1. The molecule has 1 aliphatic heterocycles. The Morgan fingerprint density at radius 1 is 1.09 bits per heavy atom. The molecule has 0 saturated heterocycles. The van der Waals surface area contributed by atoms with Crippen molar-refractivity contribution in [3.63, 3.8) is 0 Å². The Balaban J connectivity index is 1.25. The molecular formula is C23H17ClN6O2S3. The van der Waals surface area contributed by atoms with Gasteiger partial charge in [-0.15, -0.1) is 11.3 Å². The number of hydrogen-bond donors (Lipinski definition) is 1. The first kappa shape index (κ1) is 22.5. The number of rotatable bonds is 5. The highest BCUT2D eigenvalue weighted by Crippen LogP contribution is 2.35. The summed E-state index contributed by atoms with van der Waals surface area (Å²) in [5.41, 5.74) is 3.70. The summed E-state index contributed by atoms with van der Waals surface area (Å²) in [6.45, 7) is 0.637. The van der Waals surface area contributed by atoms with Gasteiger partial charge in [-0.05, 0) is 65.4 Å². The molecule has 0 bridgehead atoms. The molecule has 1 aromatic carbocycles. The second-order valence-electron chi connectivity index (χ2n) is 7.92. The summed E-state index contributed by atoms with van der Waals surface area (Å²) < 4.78 is 33.0. The molecule has 4 aromatic heterocycles. The number of aromatic nitrogens is 4. The Morgan fingerprint density at radius 2 is 1.97 bits per heavy atom. The first-order valence-electron chi connectivity index (χ1n) is 10.7. The van der Waals surface area contributed by atoms with Gasteiger partial charge in [-0.25, -0.2) is 18.4 Å². The van der Waals surface area contributed by atoms with Crippen LogP contribution >= 0.6 is 34.5 Å². The van der Waals surface area contributed by atoms with Gasteiger partial charge in [0.15, 0.2) is 5.82 Å². The van der Waals surface area contributed by atoms with E-state index in [1.54, 1.807) is 24.5 Å². The van der Waals surface area contributed by atoms with Crippen LogP contribution in [0.3, 0.4) is 0 Å². The molecule has 0 aliphatic carbocycles. The van der Waals surface area contributed by atoms with Crippen LogP contribution in [0.2, 0.25) is 4.47 Å². The van der Waals surface area contributed by atoms with Crippen molar-refractivity contribution in [3.05, 3.63) is 76.5 Å². The summed E-state index contributed by atoms with van der Waals surface area (Å²) in [5.74, 6) is 1.17. The van der Waals surface area contributed by atoms with Gasteiger partial charge >= 0.3 is 0 Å². The van der Waals surface area contributed by atoms with Crippen molar-refractivity contribution in [2.75, 3.05) is 11.9 Å². The number of anilines is 2. The molecule has 12 heteroatoms. The largest absolute Gasteiger partial charge is 0.339 e. The van der Waals surface area contributed by atoms with E-state index in [1.807, 2.05) is 36.4 Å². The van der Waals surface area contributed by atoms with Crippen molar-refractivity contribution in [1.82, 2.24) is 23.6 Å². The first-order chi connectivity index (χ1) is 17.0. The van der Waals surface area contributed by atoms with Crippen LogP contribution in [0.1, 0.15) is 11.1 Å². The normalized spacial score (nSPS) is 14.2. The third-order valence-electron chi connectivity index (χ3n) is 5.76. The number of halogens is 1. The van der Waals surface area contributed by atoms with E-state index in [-0.39, 0.29) is 10.8 Å². The molecule has 0 spiro atoms. The molecule has 1 N–H and O–H groups in total. The predicted molar refractivity (Wildman–Crippen MR) is 139 cm³/mol. The standard InChI is InChI=1S/C23H17ClN6O2S3/c24-23-28-22(29-34-23)19-5-6-20(33-19)35(31,32)30-10-8-17-15(13-30)7-9-25-21(17)27-16-11-14-3-1-2-4-18(14)26-12-16/h1-7,9,11-12H,8,10,13H2,(H,25,27). The highest BCUT2D eigenvalue weighted by molar-refractivity contribution is 7.91. The smallest absolute Gasteiger partial charge is 0.252 e. The Labute approximate surface area is 214 Å². The number of hydrogen-bond acceptors (Lipinski definition) is 9. The Kier molecular flexibility index (Phi) is 5.73. The Bertz CT molecular complexity index is 1670. The van der Waals surface area contributed by atoms with Crippen LogP contribution in [0.4, 0.5) is 11.5 Å². The fraction of sp³-hybridized carbons (Fsp3) is 0.130. The monoisotopic (exact) mass is 540 g/mol. The average Bonchev–Trinajstić information content (AvgIpc) is 3.54. The molecular weight excluding hydrogens is 524 g/mol. The number of fused-ring (bicyclic) bond motifs is 2. The molecule has 0 fully saturated rings. The fourth-order valence-corrected chi connectivity index (χ4v) is 7.55. The van der Waals surface area contributed by atoms with Crippen LogP contribution in [0.5, 0.6) is 0 Å². The van der Waals surface area contributed by atoms with Crippen molar-refractivity contribution in [3.8, 4) is 10.7 Å². The quantitative estimate of drug-likeness (QED) is 0.320. The van der Waals surface area contributed by atoms with E-state index in [0.717, 1.165) is 56.4 Å². The van der Waals surface area contributed by atoms with E-state index >= 15 is 0 Å². The lowest BCUT2D eigenvalue weighted by Gasteiger charge is -2.28. The van der Waals surface area contributed by atoms with E-state index in [1.165, 1.54) is 4.31 Å². The highest BCUT2D eigenvalue weighted by atomic mass is 35.5. The zero-order valence-corrected chi connectivity index (χ0v) is 21.3. The lowest BCUT2D eigenvalue weighted by atomic mass is 10.0. The summed E-state index contributed by atoms with van der Waals surface area (Å²) in [4.78, 5) is 13.8. The van der Waals surface area contributed by atoms with Crippen molar-refractivity contribution in [1.29, 1.82) is 0 Å². The van der Waals surface area contributed by atoms with Crippen LogP contribution in [0, 0.1) is 0 Å². The van der Waals surface area contributed by atoms with E-state index in [2.05, 4.69) is 24.6 Å². The second kappa shape index (κ2) is 8.92. The van der Waals surface area contributed by atoms with Gasteiger partial charge in [0.1, 0.15) is 10.0 Å². The maximum atomic E-state index is 13.4. The van der Waals surface area contributed by atoms with E-state index in [9.17, 15) is 8.42 Å². The van der Waals surface area contributed by atoms with Gasteiger partial charge in [0.2, 0.25) is 4.47 Å². The van der Waals surface area contributed by atoms with Gasteiger partial charge in [0.05, 0.1) is 22.3 Å². The van der Waals surface area contributed by atoms with Gasteiger partial charge in [-0.1, -0.05) is 18.2 Å². The van der Waals surface area contributed by atoms with Crippen LogP contribution in [0.15, 0.2) is 65.1 Å². The molecule has 8 nitrogen and oxygen atoms in total. The summed E-state index contributed by atoms with van der Waals surface area (Å²) in [6.07, 6.45) is 4.03. The van der Waals surface area contributed by atoms with Crippen LogP contribution < -0.4 is 5.32 Å². The van der Waals surface area contributed by atoms with Crippen LogP contribution in [-0.4, -0.2) is 38.6 Å². The van der Waals surface area contributed by atoms with Crippen molar-refractivity contribution < 1.29 is 8.42 Å². The zero-order valence-electron chi connectivity index (χ0n) is 18.1. The molecule has 5 heterocycles. The molecule has 0 amide bonds. The third-order valence-corrected chi connectivity index (χ3v) is 9.95. The Hall–Kier alpha value is -2.96. The second-order valence-corrected chi connectivity index (χ2v) is 12.5. The van der Waals surface area contributed by atoms with Crippen molar-refractivity contribution in [2.24, 2.45) is 0 Å². The number of sulfonamides is 1. The SMILES string of the molecule is O=S(=O)(c1ccc(-c2nsc(Cl)n2)s1)N1CCc2c(ccnc2Nc2cnc3ccccc3c2)C1. The van der Waals surface area contributed by atoms with E-state index in [4.69, 9.17) is 11.6 Å². The topological polar surface area (TPSA) is 101 Å². The zero-order chi connectivity index (χ0) is 24.0. The fourth-order valence-electron chi connectivity index (χ4n) is 4.07. The van der Waals surface area contributed by atoms with Gasteiger partial charge in [-0.2, -0.15) is 8.68 Å². The molecule has 176 valence electrons. The van der Waals surface area contributed by atoms with Gasteiger partial charge in [0.25, 0.3) is 10.0 Å². The molecule has 5 aromatic rings. The van der Waals surface area contributed by atoms with Gasteiger partial charge in [0, 0.05) is 30.2 Å². The summed E-state index contributed by atoms with van der Waals surface area (Å²) in [7, 11) is -3.67. The van der Waals surface area contributed by atoms with Gasteiger partial charge in [-0.3, -0.25) is 4.98 Å². The molecule has 0 atom stereocenters. The number of nitrogens with one attached hydrogen (secondary N) is 1. The Morgan fingerprint density at radius 3 is 2.83 bits per heavy atom. The van der Waals surface area contributed by atoms with Crippen LogP contribution in [0.25, 0.3) is 21.6 Å². The molecule has 0 unspecified atom stereocenters. The molecule has 6 rings (SSSR count). The number of benzene rings is 1. The predicted octanol–water partition coefficient (Wildman–Crippen LogP) is 5.35. The maximum absolute atomic E-state index is 13.4. The lowest BCUT2D eigenvalue weighted by Crippen LogP contribution is -2.36. The molecule has 0 radical (unpaired) electrons. The van der Waals surface area contributed by atoms with E-state index < -0.39 is 10.0 Å². The third kappa shape index (κ3) is 4.30. The maximum Gasteiger partial charge on any atom is 0.252 e. The lowest BCUT2D eigenvalue weighted by molar-refractivity contribution is 0.392. The minimum absolute atomic E-state index is 0.261. The van der Waals surface area contributed by atoms with Gasteiger partial charge < -0.3 is 5.32 Å². The molecule has 35 heavy (non-hydrogen) atoms. The minimum atomic E-state index is -3.67. The van der Waals surface area contributed by atoms with Crippen molar-refractivity contribution in [2.45, 2.75) is 17.2 Å². The molecule has 1 aliphatic rings.